The summed E-state index contributed by atoms with van der Waals surface area (Å²) in [5.74, 6) is -0.155. The Balaban J connectivity index is 1.77. The second-order valence-corrected chi connectivity index (χ2v) is 10.1. The molecule has 0 amide bonds. The van der Waals surface area contributed by atoms with E-state index in [4.69, 9.17) is 0 Å². The van der Waals surface area contributed by atoms with E-state index < -0.39 is 29.5 Å². The maximum absolute atomic E-state index is 12.6. The van der Waals surface area contributed by atoms with Gasteiger partial charge in [-0.25, -0.2) is 0 Å². The molecule has 0 saturated heterocycles. The molecule has 3 saturated carbocycles. The smallest absolute Gasteiger partial charge is 0.190 e. The number of carbonyl (C=O) groups excluding carboxylic acids is 2. The Hall–Kier alpha value is -1.04. The van der Waals surface area contributed by atoms with Crippen molar-refractivity contribution in [2.75, 3.05) is 6.61 Å². The topological polar surface area (TPSA) is 94.8 Å². The fraction of sp³-hybridized carbons (Fsp3) is 0.818. The highest BCUT2D eigenvalue weighted by molar-refractivity contribution is 5.92. The predicted octanol–water partition coefficient (Wildman–Crippen LogP) is 2.03. The third-order valence-electron chi connectivity index (χ3n) is 9.05. The Bertz CT molecular complexity index is 713. The Morgan fingerprint density at radius 2 is 2.00 bits per heavy atom. The minimum atomic E-state index is -1.59. The van der Waals surface area contributed by atoms with Crippen molar-refractivity contribution in [2.45, 2.75) is 71.0 Å². The van der Waals surface area contributed by atoms with Gasteiger partial charge in [0, 0.05) is 11.8 Å². The number of aliphatic hydroxyl groups excluding tert-OH is 2. The molecule has 0 aromatic carbocycles. The van der Waals surface area contributed by atoms with Gasteiger partial charge in [-0.05, 0) is 67.3 Å². The molecule has 0 aliphatic heterocycles. The van der Waals surface area contributed by atoms with Crippen molar-refractivity contribution in [2.24, 2.45) is 34.5 Å². The Morgan fingerprint density at radius 3 is 2.67 bits per heavy atom. The Kier molecular flexibility index (Phi) is 4.27. The van der Waals surface area contributed by atoms with Crippen LogP contribution in [0.3, 0.4) is 0 Å². The first-order valence-corrected chi connectivity index (χ1v) is 10.4. The minimum absolute atomic E-state index is 0.0578. The summed E-state index contributed by atoms with van der Waals surface area (Å²) < 4.78 is 0. The van der Waals surface area contributed by atoms with Crippen molar-refractivity contribution in [3.05, 3.63) is 11.6 Å². The second-order valence-electron chi connectivity index (χ2n) is 10.1. The first kappa shape index (κ1) is 19.3. The van der Waals surface area contributed by atoms with E-state index in [1.807, 2.05) is 19.9 Å². The molecule has 5 heteroatoms. The van der Waals surface area contributed by atoms with E-state index in [2.05, 4.69) is 6.92 Å². The van der Waals surface area contributed by atoms with Crippen molar-refractivity contribution in [3.8, 4) is 0 Å². The van der Waals surface area contributed by atoms with Crippen LogP contribution in [0, 0.1) is 34.5 Å². The van der Waals surface area contributed by atoms with Crippen molar-refractivity contribution in [3.63, 3.8) is 0 Å². The first-order valence-electron chi connectivity index (χ1n) is 10.4. The van der Waals surface area contributed by atoms with Crippen LogP contribution >= 0.6 is 0 Å². The van der Waals surface area contributed by atoms with Crippen LogP contribution in [0.2, 0.25) is 0 Å². The molecule has 27 heavy (non-hydrogen) atoms. The number of fused-ring (bicyclic) bond motifs is 5. The van der Waals surface area contributed by atoms with Gasteiger partial charge in [-0.2, -0.15) is 0 Å². The lowest BCUT2D eigenvalue weighted by Gasteiger charge is -2.60. The molecule has 4 rings (SSSR count). The van der Waals surface area contributed by atoms with Crippen molar-refractivity contribution < 1.29 is 24.9 Å². The Morgan fingerprint density at radius 1 is 1.30 bits per heavy atom. The summed E-state index contributed by atoms with van der Waals surface area (Å²) in [5, 5.41) is 32.2. The van der Waals surface area contributed by atoms with Crippen LogP contribution in [-0.4, -0.2) is 45.2 Å². The van der Waals surface area contributed by atoms with E-state index in [-0.39, 0.29) is 34.9 Å². The summed E-state index contributed by atoms with van der Waals surface area (Å²) in [6, 6.07) is 0. The van der Waals surface area contributed by atoms with Crippen molar-refractivity contribution in [1.82, 2.24) is 0 Å². The SMILES string of the molecule is C[C@@H]1CC2[C@@H]3CCC4=CC(=O)CC[C@]4(C)C3[C@H](O)C[C@]2(C)[C@@]1(O)C(=O)CO. The van der Waals surface area contributed by atoms with Gasteiger partial charge in [0.05, 0.1) is 6.10 Å². The highest BCUT2D eigenvalue weighted by atomic mass is 16.3. The molecule has 2 unspecified atom stereocenters. The molecule has 0 bridgehead atoms. The van der Waals surface area contributed by atoms with Crippen LogP contribution in [0.25, 0.3) is 0 Å². The molecule has 0 heterocycles. The predicted molar refractivity (Wildman–Crippen MR) is 99.7 cm³/mol. The van der Waals surface area contributed by atoms with Gasteiger partial charge in [-0.3, -0.25) is 9.59 Å². The molecular weight excluding hydrogens is 344 g/mol. The third kappa shape index (κ3) is 2.28. The summed E-state index contributed by atoms with van der Waals surface area (Å²) in [5.41, 5.74) is -1.31. The number of hydrogen-bond donors (Lipinski definition) is 3. The fourth-order valence-corrected chi connectivity index (χ4v) is 7.74. The van der Waals surface area contributed by atoms with Gasteiger partial charge in [-0.1, -0.05) is 26.3 Å². The number of ketones is 2. The monoisotopic (exact) mass is 376 g/mol. The minimum Gasteiger partial charge on any atom is -0.393 e. The van der Waals surface area contributed by atoms with Crippen LogP contribution in [0.5, 0.6) is 0 Å². The van der Waals surface area contributed by atoms with Crippen LogP contribution in [0.4, 0.5) is 0 Å². The molecular formula is C22H32O5. The molecule has 5 nitrogen and oxygen atoms in total. The van der Waals surface area contributed by atoms with E-state index in [1.54, 1.807) is 0 Å². The number of allylic oxidation sites excluding steroid dienone is 1. The molecule has 0 aromatic rings. The highest BCUT2D eigenvalue weighted by Gasteiger charge is 2.70. The molecule has 0 aromatic heterocycles. The number of aliphatic hydroxyl groups is 3. The van der Waals surface area contributed by atoms with Gasteiger partial charge in [0.25, 0.3) is 0 Å². The summed E-state index contributed by atoms with van der Waals surface area (Å²) in [7, 11) is 0. The van der Waals surface area contributed by atoms with Crippen LogP contribution < -0.4 is 0 Å². The zero-order valence-corrected chi connectivity index (χ0v) is 16.6. The molecule has 4 aliphatic rings. The van der Waals surface area contributed by atoms with E-state index in [1.165, 1.54) is 5.57 Å². The van der Waals surface area contributed by atoms with Crippen molar-refractivity contribution in [1.29, 1.82) is 0 Å². The normalized spacial score (nSPS) is 51.9. The Labute approximate surface area is 160 Å². The first-order chi connectivity index (χ1) is 12.6. The van der Waals surface area contributed by atoms with Gasteiger partial charge >= 0.3 is 0 Å². The third-order valence-corrected chi connectivity index (χ3v) is 9.05. The lowest BCUT2D eigenvalue weighted by Crippen LogP contribution is -2.63. The molecule has 3 N–H and O–H groups in total. The lowest BCUT2D eigenvalue weighted by atomic mass is 9.45. The average molecular weight is 376 g/mol. The summed E-state index contributed by atoms with van der Waals surface area (Å²) in [6.45, 7) is 5.36. The molecule has 150 valence electrons. The summed E-state index contributed by atoms with van der Waals surface area (Å²) in [6.07, 6.45) is 5.32. The van der Waals surface area contributed by atoms with Crippen LogP contribution in [-0.2, 0) is 9.59 Å². The number of rotatable bonds is 2. The van der Waals surface area contributed by atoms with E-state index in [0.29, 0.717) is 12.8 Å². The molecule has 3 fully saturated rings. The summed E-state index contributed by atoms with van der Waals surface area (Å²) >= 11 is 0. The van der Waals surface area contributed by atoms with E-state index in [0.717, 1.165) is 25.7 Å². The zero-order valence-electron chi connectivity index (χ0n) is 16.6. The van der Waals surface area contributed by atoms with Gasteiger partial charge < -0.3 is 15.3 Å². The molecule has 8 atom stereocenters. The van der Waals surface area contributed by atoms with E-state index in [9.17, 15) is 24.9 Å². The average Bonchev–Trinajstić information content (AvgIpc) is 2.82. The number of carbonyl (C=O) groups is 2. The molecule has 0 spiro atoms. The maximum Gasteiger partial charge on any atom is 0.190 e. The highest BCUT2D eigenvalue weighted by Crippen LogP contribution is 2.68. The van der Waals surface area contributed by atoms with Gasteiger partial charge in [0.1, 0.15) is 12.2 Å². The van der Waals surface area contributed by atoms with Gasteiger partial charge in [0.2, 0.25) is 0 Å². The van der Waals surface area contributed by atoms with Gasteiger partial charge in [-0.15, -0.1) is 0 Å². The standard InChI is InChI=1S/C22H32O5/c1-12-8-16-15-5-4-13-9-14(24)6-7-20(13,2)19(15)17(25)10-21(16,3)22(12,27)18(26)11-23/h9,12,15-17,19,23,25,27H,4-8,10-11H2,1-3H3/t12-,15+,16?,17-,19?,20+,21+,22+/m1/s1. The zero-order chi connectivity index (χ0) is 19.8. The maximum atomic E-state index is 12.6. The summed E-state index contributed by atoms with van der Waals surface area (Å²) in [4.78, 5) is 24.5. The fourth-order valence-electron chi connectivity index (χ4n) is 7.74. The quantitative estimate of drug-likeness (QED) is 0.685. The number of hydrogen-bond acceptors (Lipinski definition) is 5. The van der Waals surface area contributed by atoms with Crippen LogP contribution in [0.15, 0.2) is 11.6 Å². The van der Waals surface area contributed by atoms with E-state index >= 15 is 0 Å². The molecule has 0 radical (unpaired) electrons. The second kappa shape index (κ2) is 5.98. The largest absolute Gasteiger partial charge is 0.393 e. The van der Waals surface area contributed by atoms with Gasteiger partial charge in [0.15, 0.2) is 11.6 Å². The van der Waals surface area contributed by atoms with Crippen LogP contribution in [0.1, 0.15) is 59.3 Å². The lowest BCUT2D eigenvalue weighted by molar-refractivity contribution is -0.187. The van der Waals surface area contributed by atoms with Crippen molar-refractivity contribution >= 4 is 11.6 Å². The molecule has 4 aliphatic carbocycles. The number of Topliss-reactive ketones (excluding diaryl/α,β-unsaturated/α-hetero) is 1.